The molecule has 0 amide bonds. The van der Waals surface area contributed by atoms with Crippen LogP contribution in [0.2, 0.25) is 0 Å². The molecule has 2 N–H and O–H groups in total. The first-order valence-corrected chi connectivity index (χ1v) is 6.89. The average Bonchev–Trinajstić information content (AvgIpc) is 2.38. The molecule has 1 aromatic rings. The van der Waals surface area contributed by atoms with Crippen LogP contribution in [0.15, 0.2) is 24.3 Å². The number of ether oxygens (including phenoxy) is 2. The van der Waals surface area contributed by atoms with Gasteiger partial charge in [0.15, 0.2) is 0 Å². The topological polar surface area (TPSA) is 44.5 Å². The van der Waals surface area contributed by atoms with Gasteiger partial charge in [-0.25, -0.2) is 0 Å². The molecule has 98 valence electrons. The standard InChI is InChI=1S/C15H21NO2/c16-11-12-2-4-13(5-3-12)18-14-6-9-17-15(10-14)7-1-8-15/h2-5,14H,1,6-11,16H2. The van der Waals surface area contributed by atoms with E-state index in [1.165, 1.54) is 19.3 Å². The lowest BCUT2D eigenvalue weighted by molar-refractivity contribution is -0.153. The summed E-state index contributed by atoms with van der Waals surface area (Å²) in [5, 5.41) is 0. The van der Waals surface area contributed by atoms with Crippen molar-refractivity contribution in [2.24, 2.45) is 5.73 Å². The van der Waals surface area contributed by atoms with Crippen LogP contribution in [0, 0.1) is 0 Å². The molecule has 2 fully saturated rings. The van der Waals surface area contributed by atoms with Gasteiger partial charge in [0, 0.05) is 19.4 Å². The number of nitrogens with two attached hydrogens (primary N) is 1. The van der Waals surface area contributed by atoms with Gasteiger partial charge in [0.05, 0.1) is 12.2 Å². The highest BCUT2D eigenvalue weighted by molar-refractivity contribution is 5.27. The minimum absolute atomic E-state index is 0.153. The minimum atomic E-state index is 0.153. The highest BCUT2D eigenvalue weighted by Gasteiger charge is 2.43. The van der Waals surface area contributed by atoms with Gasteiger partial charge in [-0.1, -0.05) is 12.1 Å². The lowest BCUT2D eigenvalue weighted by atomic mass is 9.74. The van der Waals surface area contributed by atoms with Crippen LogP contribution in [0.4, 0.5) is 0 Å². The zero-order valence-corrected chi connectivity index (χ0v) is 10.7. The summed E-state index contributed by atoms with van der Waals surface area (Å²) in [6.45, 7) is 1.42. The van der Waals surface area contributed by atoms with E-state index in [-0.39, 0.29) is 5.60 Å². The number of hydrogen-bond donors (Lipinski definition) is 1. The summed E-state index contributed by atoms with van der Waals surface area (Å²) < 4.78 is 12.0. The average molecular weight is 247 g/mol. The molecule has 1 aromatic carbocycles. The van der Waals surface area contributed by atoms with Crippen molar-refractivity contribution in [3.05, 3.63) is 29.8 Å². The van der Waals surface area contributed by atoms with E-state index < -0.39 is 0 Å². The normalized spacial score (nSPS) is 25.7. The van der Waals surface area contributed by atoms with E-state index in [2.05, 4.69) is 0 Å². The fourth-order valence-electron chi connectivity index (χ4n) is 2.90. The number of rotatable bonds is 3. The third-order valence-electron chi connectivity index (χ3n) is 4.17. The Kier molecular flexibility index (Phi) is 3.27. The summed E-state index contributed by atoms with van der Waals surface area (Å²) in [5.74, 6) is 0.952. The highest BCUT2D eigenvalue weighted by atomic mass is 16.5. The zero-order valence-electron chi connectivity index (χ0n) is 10.7. The Morgan fingerprint density at radius 2 is 2.06 bits per heavy atom. The lowest BCUT2D eigenvalue weighted by Crippen LogP contribution is -2.48. The fourth-order valence-corrected chi connectivity index (χ4v) is 2.90. The van der Waals surface area contributed by atoms with Gasteiger partial charge in [-0.3, -0.25) is 0 Å². The Hall–Kier alpha value is -1.06. The molecule has 1 atom stereocenters. The minimum Gasteiger partial charge on any atom is -0.490 e. The largest absolute Gasteiger partial charge is 0.490 e. The maximum Gasteiger partial charge on any atom is 0.119 e. The maximum atomic E-state index is 6.07. The van der Waals surface area contributed by atoms with Gasteiger partial charge < -0.3 is 15.2 Å². The smallest absolute Gasteiger partial charge is 0.119 e. The van der Waals surface area contributed by atoms with Crippen LogP contribution >= 0.6 is 0 Å². The fraction of sp³-hybridized carbons (Fsp3) is 0.600. The van der Waals surface area contributed by atoms with Gasteiger partial charge >= 0.3 is 0 Å². The SMILES string of the molecule is NCc1ccc(OC2CCOC3(CCC3)C2)cc1. The third-order valence-corrected chi connectivity index (χ3v) is 4.17. The Morgan fingerprint density at radius 1 is 1.28 bits per heavy atom. The van der Waals surface area contributed by atoms with Crippen molar-refractivity contribution in [2.75, 3.05) is 6.61 Å². The van der Waals surface area contributed by atoms with Crippen LogP contribution in [0.1, 0.15) is 37.7 Å². The molecular formula is C15H21NO2. The molecule has 0 aromatic heterocycles. The van der Waals surface area contributed by atoms with Crippen LogP contribution in [0.3, 0.4) is 0 Å². The maximum absolute atomic E-state index is 6.07. The van der Waals surface area contributed by atoms with Gasteiger partial charge in [-0.15, -0.1) is 0 Å². The molecule has 18 heavy (non-hydrogen) atoms. The highest BCUT2D eigenvalue weighted by Crippen LogP contribution is 2.43. The van der Waals surface area contributed by atoms with Gasteiger partial charge in [0.1, 0.15) is 11.9 Å². The molecule has 3 heteroatoms. The Morgan fingerprint density at radius 3 is 2.67 bits per heavy atom. The van der Waals surface area contributed by atoms with Crippen LogP contribution in [0.25, 0.3) is 0 Å². The first-order chi connectivity index (χ1) is 8.80. The molecule has 1 spiro atoms. The molecule has 3 rings (SSSR count). The molecule has 1 heterocycles. The van der Waals surface area contributed by atoms with Crippen LogP contribution in [0.5, 0.6) is 5.75 Å². The second-order valence-corrected chi connectivity index (χ2v) is 5.47. The number of benzene rings is 1. The Balaban J connectivity index is 1.61. The summed E-state index contributed by atoms with van der Waals surface area (Å²) in [7, 11) is 0. The molecule has 3 nitrogen and oxygen atoms in total. The second kappa shape index (κ2) is 4.90. The predicted molar refractivity (Wildman–Crippen MR) is 70.5 cm³/mol. The lowest BCUT2D eigenvalue weighted by Gasteiger charge is -2.46. The summed E-state index contributed by atoms with van der Waals surface area (Å²) >= 11 is 0. The van der Waals surface area contributed by atoms with E-state index in [1.807, 2.05) is 24.3 Å². The Labute approximate surface area is 108 Å². The monoisotopic (exact) mass is 247 g/mol. The predicted octanol–water partition coefficient (Wildman–Crippen LogP) is 2.63. The molecular weight excluding hydrogens is 226 g/mol. The summed E-state index contributed by atoms with van der Waals surface area (Å²) in [4.78, 5) is 0. The third kappa shape index (κ3) is 2.38. The van der Waals surface area contributed by atoms with Crippen molar-refractivity contribution >= 4 is 0 Å². The van der Waals surface area contributed by atoms with E-state index in [0.717, 1.165) is 30.8 Å². The van der Waals surface area contributed by atoms with E-state index in [9.17, 15) is 0 Å². The van der Waals surface area contributed by atoms with Crippen molar-refractivity contribution in [1.29, 1.82) is 0 Å². The van der Waals surface area contributed by atoms with E-state index in [0.29, 0.717) is 12.6 Å². The van der Waals surface area contributed by atoms with Crippen molar-refractivity contribution in [1.82, 2.24) is 0 Å². The van der Waals surface area contributed by atoms with Crippen molar-refractivity contribution in [3.63, 3.8) is 0 Å². The van der Waals surface area contributed by atoms with Crippen molar-refractivity contribution < 1.29 is 9.47 Å². The molecule has 0 radical (unpaired) electrons. The van der Waals surface area contributed by atoms with E-state index >= 15 is 0 Å². The van der Waals surface area contributed by atoms with Crippen LogP contribution in [-0.4, -0.2) is 18.3 Å². The summed E-state index contributed by atoms with van der Waals surface area (Å²) in [6, 6.07) is 8.11. The first kappa shape index (κ1) is 12.0. The summed E-state index contributed by atoms with van der Waals surface area (Å²) in [6.07, 6.45) is 6.07. The van der Waals surface area contributed by atoms with Gasteiger partial charge in [0.25, 0.3) is 0 Å². The molecule has 2 aliphatic rings. The van der Waals surface area contributed by atoms with Gasteiger partial charge in [-0.2, -0.15) is 0 Å². The van der Waals surface area contributed by atoms with Crippen LogP contribution in [-0.2, 0) is 11.3 Å². The van der Waals surface area contributed by atoms with E-state index in [4.69, 9.17) is 15.2 Å². The van der Waals surface area contributed by atoms with Crippen LogP contribution < -0.4 is 10.5 Å². The molecule has 1 aliphatic heterocycles. The molecule has 1 saturated carbocycles. The molecule has 1 saturated heterocycles. The molecule has 0 bridgehead atoms. The molecule has 1 aliphatic carbocycles. The Bertz CT molecular complexity index is 397. The first-order valence-electron chi connectivity index (χ1n) is 6.89. The summed E-state index contributed by atoms with van der Waals surface area (Å²) in [5.41, 5.74) is 6.88. The second-order valence-electron chi connectivity index (χ2n) is 5.47. The van der Waals surface area contributed by atoms with Gasteiger partial charge in [-0.05, 0) is 37.0 Å². The quantitative estimate of drug-likeness (QED) is 0.893. The van der Waals surface area contributed by atoms with Crippen molar-refractivity contribution in [2.45, 2.75) is 50.4 Å². The molecule has 1 unspecified atom stereocenters. The van der Waals surface area contributed by atoms with Crippen molar-refractivity contribution in [3.8, 4) is 5.75 Å². The zero-order chi connectivity index (χ0) is 12.4. The van der Waals surface area contributed by atoms with Gasteiger partial charge in [0.2, 0.25) is 0 Å². The number of hydrogen-bond acceptors (Lipinski definition) is 3. The van der Waals surface area contributed by atoms with E-state index in [1.54, 1.807) is 0 Å².